The minimum atomic E-state index is -0.527. The molecule has 114 valence electrons. The van der Waals surface area contributed by atoms with Gasteiger partial charge in [0.2, 0.25) is 0 Å². The number of imidazole rings is 1. The number of benzene rings is 1. The molecule has 2 aromatic rings. The van der Waals surface area contributed by atoms with Gasteiger partial charge in [0.25, 0.3) is 0 Å². The molecule has 0 aliphatic heterocycles. The molecule has 22 heavy (non-hydrogen) atoms. The van der Waals surface area contributed by atoms with Crippen LogP contribution in [0.2, 0.25) is 5.15 Å². The number of carbonyl (C=O) groups is 1. The Morgan fingerprint density at radius 2 is 2.00 bits per heavy atom. The number of hydrogen-bond acceptors (Lipinski definition) is 3. The fourth-order valence-corrected chi connectivity index (χ4v) is 2.38. The number of esters is 1. The first-order valence-corrected chi connectivity index (χ1v) is 7.33. The topological polar surface area (TPSA) is 44.1 Å². The highest BCUT2D eigenvalue weighted by Crippen LogP contribution is 2.24. The fraction of sp³-hybridized carbons (Fsp3) is 0.294. The quantitative estimate of drug-likeness (QED) is 0.638. The second-order valence-corrected chi connectivity index (χ2v) is 5.18. The first-order valence-electron chi connectivity index (χ1n) is 6.95. The molecule has 0 radical (unpaired) electrons. The highest BCUT2D eigenvalue weighted by Gasteiger charge is 2.23. The summed E-state index contributed by atoms with van der Waals surface area (Å²) in [4.78, 5) is 16.4. The lowest BCUT2D eigenvalue weighted by Crippen LogP contribution is -2.19. The molecule has 4 nitrogen and oxygen atoms in total. The first kappa shape index (κ1) is 16.1. The average Bonchev–Trinajstić information content (AvgIpc) is 2.89. The van der Waals surface area contributed by atoms with E-state index in [4.69, 9.17) is 16.3 Å². The van der Waals surface area contributed by atoms with E-state index in [-0.39, 0.29) is 16.9 Å². The number of halogens is 1. The van der Waals surface area contributed by atoms with Gasteiger partial charge in [-0.1, -0.05) is 47.9 Å². The third-order valence-corrected chi connectivity index (χ3v) is 3.55. The molecule has 0 saturated heterocycles. The highest BCUT2D eigenvalue weighted by molar-refractivity contribution is 6.32. The molecule has 0 fully saturated rings. The van der Waals surface area contributed by atoms with Crippen molar-refractivity contribution >= 4 is 17.6 Å². The van der Waals surface area contributed by atoms with E-state index in [0.29, 0.717) is 0 Å². The van der Waals surface area contributed by atoms with E-state index in [0.717, 1.165) is 5.56 Å². The zero-order chi connectivity index (χ0) is 16.1. The SMILES string of the molecule is CC#CC(C)OC(=O)c1c(Cl)ncn1[C@H](C)c1ccccc1. The Morgan fingerprint density at radius 1 is 1.32 bits per heavy atom. The second-order valence-electron chi connectivity index (χ2n) is 4.82. The number of aromatic nitrogens is 2. The van der Waals surface area contributed by atoms with Crippen LogP contribution < -0.4 is 0 Å². The summed E-state index contributed by atoms with van der Waals surface area (Å²) >= 11 is 6.06. The van der Waals surface area contributed by atoms with Gasteiger partial charge in [-0.15, -0.1) is 5.92 Å². The number of nitrogens with zero attached hydrogens (tertiary/aromatic N) is 2. The zero-order valence-corrected chi connectivity index (χ0v) is 13.5. The molecule has 1 heterocycles. The van der Waals surface area contributed by atoms with Gasteiger partial charge in [0.15, 0.2) is 17.0 Å². The van der Waals surface area contributed by atoms with Crippen LogP contribution in [-0.2, 0) is 4.74 Å². The second kappa shape index (κ2) is 7.15. The van der Waals surface area contributed by atoms with Crippen molar-refractivity contribution in [1.82, 2.24) is 9.55 Å². The maximum absolute atomic E-state index is 12.3. The van der Waals surface area contributed by atoms with Gasteiger partial charge in [-0.05, 0) is 26.3 Å². The molecule has 0 amide bonds. The molecule has 0 saturated carbocycles. The fourth-order valence-electron chi connectivity index (χ4n) is 2.16. The minimum Gasteiger partial charge on any atom is -0.445 e. The Balaban J connectivity index is 2.31. The molecule has 1 unspecified atom stereocenters. The van der Waals surface area contributed by atoms with Crippen molar-refractivity contribution < 1.29 is 9.53 Å². The number of carbonyl (C=O) groups excluding carboxylic acids is 1. The molecule has 0 aliphatic carbocycles. The molecule has 0 N–H and O–H groups in total. The van der Waals surface area contributed by atoms with E-state index in [1.165, 1.54) is 0 Å². The van der Waals surface area contributed by atoms with Crippen LogP contribution in [0.15, 0.2) is 36.7 Å². The predicted octanol–water partition coefficient (Wildman–Crippen LogP) is 3.71. The van der Waals surface area contributed by atoms with Crippen LogP contribution in [-0.4, -0.2) is 21.6 Å². The van der Waals surface area contributed by atoms with Crippen molar-refractivity contribution in [3.05, 3.63) is 53.1 Å². The standard InChI is InChI=1S/C17H17ClN2O2/c1-4-8-12(2)22-17(21)15-16(18)19-11-20(15)13(3)14-9-6-5-7-10-14/h5-7,9-13H,1-3H3/t12?,13-/m1/s1. The number of rotatable bonds is 4. The summed E-state index contributed by atoms with van der Waals surface area (Å²) in [6, 6.07) is 9.72. The molecule has 2 atom stereocenters. The molecule has 1 aromatic heterocycles. The first-order chi connectivity index (χ1) is 10.5. The number of ether oxygens (including phenoxy) is 1. The van der Waals surface area contributed by atoms with Crippen LogP contribution in [0.25, 0.3) is 0 Å². The predicted molar refractivity (Wildman–Crippen MR) is 85.8 cm³/mol. The Bertz CT molecular complexity index is 713. The van der Waals surface area contributed by atoms with Gasteiger partial charge in [-0.25, -0.2) is 9.78 Å². The lowest BCUT2D eigenvalue weighted by molar-refractivity contribution is 0.0425. The molecule has 5 heteroatoms. The van der Waals surface area contributed by atoms with Crippen LogP contribution >= 0.6 is 11.6 Å². The van der Waals surface area contributed by atoms with Crippen molar-refractivity contribution in [2.75, 3.05) is 0 Å². The van der Waals surface area contributed by atoms with Crippen molar-refractivity contribution in [3.8, 4) is 11.8 Å². The minimum absolute atomic E-state index is 0.0867. The van der Waals surface area contributed by atoms with Crippen LogP contribution in [0.5, 0.6) is 0 Å². The van der Waals surface area contributed by atoms with Crippen LogP contribution in [0.3, 0.4) is 0 Å². The molecule has 0 spiro atoms. The van der Waals surface area contributed by atoms with Crippen molar-refractivity contribution in [1.29, 1.82) is 0 Å². The monoisotopic (exact) mass is 316 g/mol. The molecule has 2 rings (SSSR count). The van der Waals surface area contributed by atoms with Gasteiger partial charge in [0.1, 0.15) is 0 Å². The van der Waals surface area contributed by atoms with E-state index in [1.54, 1.807) is 24.7 Å². The van der Waals surface area contributed by atoms with E-state index in [1.807, 2.05) is 37.3 Å². The summed E-state index contributed by atoms with van der Waals surface area (Å²) < 4.78 is 7.00. The van der Waals surface area contributed by atoms with Gasteiger partial charge < -0.3 is 9.30 Å². The maximum atomic E-state index is 12.3. The van der Waals surface area contributed by atoms with E-state index in [2.05, 4.69) is 16.8 Å². The molecule has 0 bridgehead atoms. The van der Waals surface area contributed by atoms with E-state index in [9.17, 15) is 4.79 Å². The van der Waals surface area contributed by atoms with Gasteiger partial charge >= 0.3 is 5.97 Å². The van der Waals surface area contributed by atoms with Crippen molar-refractivity contribution in [2.45, 2.75) is 32.9 Å². The normalized spacial score (nSPS) is 12.9. The van der Waals surface area contributed by atoms with Gasteiger partial charge in [-0.2, -0.15) is 0 Å². The third kappa shape index (κ3) is 3.49. The summed E-state index contributed by atoms with van der Waals surface area (Å²) in [6.07, 6.45) is 1.05. The molecule has 0 aliphatic rings. The summed E-state index contributed by atoms with van der Waals surface area (Å²) in [5, 5.41) is 0.129. The summed E-state index contributed by atoms with van der Waals surface area (Å²) in [5.74, 6) is 4.96. The van der Waals surface area contributed by atoms with Crippen molar-refractivity contribution in [3.63, 3.8) is 0 Å². The third-order valence-electron chi connectivity index (χ3n) is 3.27. The molecule has 1 aromatic carbocycles. The van der Waals surface area contributed by atoms with E-state index < -0.39 is 12.1 Å². The molecular formula is C17H17ClN2O2. The van der Waals surface area contributed by atoms with E-state index >= 15 is 0 Å². The van der Waals surface area contributed by atoms with Crippen molar-refractivity contribution in [2.24, 2.45) is 0 Å². The van der Waals surface area contributed by atoms with Crippen LogP contribution in [0.1, 0.15) is 42.9 Å². The Morgan fingerprint density at radius 3 is 2.64 bits per heavy atom. The molecular weight excluding hydrogens is 300 g/mol. The maximum Gasteiger partial charge on any atom is 0.359 e. The van der Waals surface area contributed by atoms with Gasteiger partial charge in [0, 0.05) is 0 Å². The highest BCUT2D eigenvalue weighted by atomic mass is 35.5. The lowest BCUT2D eigenvalue weighted by Gasteiger charge is -2.17. The van der Waals surface area contributed by atoms with Crippen LogP contribution in [0, 0.1) is 11.8 Å². The summed E-state index contributed by atoms with van der Waals surface area (Å²) in [5.41, 5.74) is 1.29. The average molecular weight is 317 g/mol. The number of hydrogen-bond donors (Lipinski definition) is 0. The zero-order valence-electron chi connectivity index (χ0n) is 12.7. The smallest absolute Gasteiger partial charge is 0.359 e. The Kier molecular flexibility index (Phi) is 5.24. The Labute approximate surface area is 135 Å². The summed E-state index contributed by atoms with van der Waals surface area (Å²) in [7, 11) is 0. The van der Waals surface area contributed by atoms with Gasteiger partial charge in [0.05, 0.1) is 12.4 Å². The lowest BCUT2D eigenvalue weighted by atomic mass is 10.1. The largest absolute Gasteiger partial charge is 0.445 e. The van der Waals surface area contributed by atoms with Crippen LogP contribution in [0.4, 0.5) is 0 Å². The Hall–Kier alpha value is -2.25. The summed E-state index contributed by atoms with van der Waals surface area (Å²) in [6.45, 7) is 5.38. The van der Waals surface area contributed by atoms with Gasteiger partial charge in [-0.3, -0.25) is 0 Å².